The second-order valence-electron chi connectivity index (χ2n) is 3.74. The predicted octanol–water partition coefficient (Wildman–Crippen LogP) is 1.48. The third kappa shape index (κ3) is 2.91. The highest BCUT2D eigenvalue weighted by atomic mass is 32.2. The van der Waals surface area contributed by atoms with Crippen LogP contribution in [0.25, 0.3) is 6.08 Å². The Balaban J connectivity index is 2.30. The smallest absolute Gasteiger partial charge is 0.331 e. The van der Waals surface area contributed by atoms with Crippen LogP contribution in [0.2, 0.25) is 0 Å². The van der Waals surface area contributed by atoms with Gasteiger partial charge in [-0.3, -0.25) is 4.79 Å². The van der Waals surface area contributed by atoms with E-state index in [2.05, 4.69) is 5.43 Å². The van der Waals surface area contributed by atoms with Gasteiger partial charge in [-0.1, -0.05) is 30.0 Å². The minimum absolute atomic E-state index is 0.218. The lowest BCUT2D eigenvalue weighted by Crippen LogP contribution is -2.47. The third-order valence-corrected chi connectivity index (χ3v) is 3.74. The predicted molar refractivity (Wildman–Crippen MR) is 80.7 cm³/mol. The van der Waals surface area contributed by atoms with Gasteiger partial charge in [0.05, 0.1) is 12.0 Å². The van der Waals surface area contributed by atoms with E-state index in [-0.39, 0.29) is 4.32 Å². The molecule has 0 atom stereocenters. The molecule has 0 spiro atoms. The lowest BCUT2D eigenvalue weighted by Gasteiger charge is -2.12. The Bertz CT molecular complexity index is 616. The minimum atomic E-state index is -0.847. The summed E-state index contributed by atoms with van der Waals surface area (Å²) in [5.41, 5.74) is 7.91. The topological polar surface area (TPSA) is 84.7 Å². The van der Waals surface area contributed by atoms with E-state index in [9.17, 15) is 9.59 Å². The number of benzene rings is 1. The Labute approximate surface area is 124 Å². The Morgan fingerprint density at radius 1 is 1.50 bits per heavy atom. The molecule has 1 aromatic carbocycles. The largest absolute Gasteiger partial charge is 0.496 e. The number of carbonyl (C=O) groups excluding carboxylic acids is 2. The summed E-state index contributed by atoms with van der Waals surface area (Å²) in [5.74, 6) is 0.213. The molecule has 0 saturated carbocycles. The van der Waals surface area contributed by atoms with E-state index >= 15 is 0 Å². The summed E-state index contributed by atoms with van der Waals surface area (Å²) >= 11 is 6.10. The molecule has 20 heavy (non-hydrogen) atoms. The number of urea groups is 1. The van der Waals surface area contributed by atoms with Crippen LogP contribution < -0.4 is 15.9 Å². The number of para-hydroxylation sites is 1. The molecule has 1 saturated heterocycles. The molecule has 6 nitrogen and oxygen atoms in total. The zero-order chi connectivity index (χ0) is 14.7. The monoisotopic (exact) mass is 309 g/mol. The van der Waals surface area contributed by atoms with Crippen LogP contribution in [0, 0.1) is 0 Å². The van der Waals surface area contributed by atoms with Crippen LogP contribution in [-0.4, -0.2) is 28.4 Å². The number of primary amides is 1. The fourth-order valence-electron chi connectivity index (χ4n) is 1.60. The van der Waals surface area contributed by atoms with Crippen molar-refractivity contribution in [2.45, 2.75) is 0 Å². The molecule has 1 heterocycles. The van der Waals surface area contributed by atoms with Crippen molar-refractivity contribution in [3.8, 4) is 5.75 Å². The van der Waals surface area contributed by atoms with Crippen molar-refractivity contribution in [1.29, 1.82) is 0 Å². The van der Waals surface area contributed by atoms with E-state index in [1.807, 2.05) is 18.2 Å². The van der Waals surface area contributed by atoms with E-state index in [0.717, 1.165) is 22.3 Å². The van der Waals surface area contributed by atoms with Gasteiger partial charge in [0, 0.05) is 5.56 Å². The third-order valence-electron chi connectivity index (χ3n) is 2.44. The summed E-state index contributed by atoms with van der Waals surface area (Å²) in [6.45, 7) is 0. The SMILES string of the molecule is COc1ccccc1C=C1SC(=S)N(NC(N)=O)C1=O. The molecule has 1 aliphatic heterocycles. The van der Waals surface area contributed by atoms with Crippen molar-refractivity contribution in [2.24, 2.45) is 5.73 Å². The molecule has 0 bridgehead atoms. The summed E-state index contributed by atoms with van der Waals surface area (Å²) < 4.78 is 5.43. The number of hydrogen-bond acceptors (Lipinski definition) is 5. The van der Waals surface area contributed by atoms with Crippen LogP contribution in [-0.2, 0) is 4.79 Å². The second-order valence-corrected chi connectivity index (χ2v) is 5.41. The zero-order valence-electron chi connectivity index (χ0n) is 10.5. The first-order valence-electron chi connectivity index (χ1n) is 5.50. The Kier molecular flexibility index (Phi) is 4.26. The van der Waals surface area contributed by atoms with Crippen LogP contribution in [0.4, 0.5) is 4.79 Å². The van der Waals surface area contributed by atoms with Crippen LogP contribution in [0.5, 0.6) is 5.75 Å². The number of thioether (sulfide) groups is 1. The molecule has 3 N–H and O–H groups in total. The first-order chi connectivity index (χ1) is 9.52. The maximum absolute atomic E-state index is 12.1. The number of nitrogens with two attached hydrogens (primary N) is 1. The maximum Gasteiger partial charge on any atom is 0.331 e. The van der Waals surface area contributed by atoms with Crippen LogP contribution in [0.1, 0.15) is 5.56 Å². The molecule has 104 valence electrons. The number of nitrogens with one attached hydrogen (secondary N) is 1. The lowest BCUT2D eigenvalue weighted by atomic mass is 10.2. The molecule has 1 aliphatic rings. The van der Waals surface area contributed by atoms with Gasteiger partial charge in [0.2, 0.25) is 0 Å². The zero-order valence-corrected chi connectivity index (χ0v) is 12.1. The van der Waals surface area contributed by atoms with Gasteiger partial charge in [0.1, 0.15) is 5.75 Å². The standard InChI is InChI=1S/C12H11N3O3S2/c1-18-8-5-3-2-4-7(8)6-9-10(16)15(12(19)20-9)14-11(13)17/h2-6H,1H3,(H3,13,14,17). The van der Waals surface area contributed by atoms with Gasteiger partial charge in [-0.15, -0.1) is 0 Å². The van der Waals surface area contributed by atoms with Gasteiger partial charge in [0.25, 0.3) is 5.91 Å². The number of thiocarbonyl (C=S) groups is 1. The number of carbonyl (C=O) groups is 2. The summed E-state index contributed by atoms with van der Waals surface area (Å²) in [5, 5.41) is 0.948. The summed E-state index contributed by atoms with van der Waals surface area (Å²) in [4.78, 5) is 23.3. The van der Waals surface area contributed by atoms with Gasteiger partial charge >= 0.3 is 6.03 Å². The van der Waals surface area contributed by atoms with Gasteiger partial charge in [-0.05, 0) is 24.4 Å². The quantitative estimate of drug-likeness (QED) is 0.652. The molecule has 2 rings (SSSR count). The van der Waals surface area contributed by atoms with Gasteiger partial charge in [-0.2, -0.15) is 5.01 Å². The molecule has 0 unspecified atom stereocenters. The molecule has 8 heteroatoms. The minimum Gasteiger partial charge on any atom is -0.496 e. The Hall–Kier alpha value is -2.06. The Morgan fingerprint density at radius 3 is 2.85 bits per heavy atom. The summed E-state index contributed by atoms with van der Waals surface area (Å²) in [6.07, 6.45) is 1.65. The van der Waals surface area contributed by atoms with Gasteiger partial charge in [-0.25, -0.2) is 10.2 Å². The van der Waals surface area contributed by atoms with Gasteiger partial charge < -0.3 is 10.5 Å². The van der Waals surface area contributed by atoms with E-state index in [1.54, 1.807) is 19.3 Å². The van der Waals surface area contributed by atoms with Crippen molar-refractivity contribution in [2.75, 3.05) is 7.11 Å². The maximum atomic E-state index is 12.1. The fourth-order valence-corrected chi connectivity index (χ4v) is 2.77. The first-order valence-corrected chi connectivity index (χ1v) is 6.72. The molecular weight excluding hydrogens is 298 g/mol. The van der Waals surface area contributed by atoms with Crippen molar-refractivity contribution in [3.63, 3.8) is 0 Å². The van der Waals surface area contributed by atoms with Gasteiger partial charge in [0.15, 0.2) is 4.32 Å². The van der Waals surface area contributed by atoms with Crippen molar-refractivity contribution < 1.29 is 14.3 Å². The van der Waals surface area contributed by atoms with Crippen LogP contribution >= 0.6 is 24.0 Å². The molecule has 3 amide bonds. The fraction of sp³-hybridized carbons (Fsp3) is 0.0833. The van der Waals surface area contributed by atoms with E-state index in [4.69, 9.17) is 22.7 Å². The number of ether oxygens (including phenoxy) is 1. The average Bonchev–Trinajstić information content (AvgIpc) is 2.67. The molecular formula is C12H11N3O3S2. The average molecular weight is 309 g/mol. The molecule has 1 aromatic rings. The van der Waals surface area contributed by atoms with Crippen LogP contribution in [0.15, 0.2) is 29.2 Å². The Morgan fingerprint density at radius 2 is 2.20 bits per heavy atom. The summed E-state index contributed by atoms with van der Waals surface area (Å²) in [6, 6.07) is 6.41. The number of hydrazine groups is 1. The molecule has 0 aromatic heterocycles. The highest BCUT2D eigenvalue weighted by Crippen LogP contribution is 2.33. The van der Waals surface area contributed by atoms with Crippen molar-refractivity contribution >= 4 is 46.3 Å². The first kappa shape index (κ1) is 14.4. The second kappa shape index (κ2) is 5.93. The number of amides is 3. The van der Waals surface area contributed by atoms with E-state index in [0.29, 0.717) is 10.7 Å². The highest BCUT2D eigenvalue weighted by molar-refractivity contribution is 8.26. The van der Waals surface area contributed by atoms with E-state index < -0.39 is 11.9 Å². The number of hydrogen-bond donors (Lipinski definition) is 2. The molecule has 1 fully saturated rings. The molecule has 0 aliphatic carbocycles. The lowest BCUT2D eigenvalue weighted by molar-refractivity contribution is -0.123. The highest BCUT2D eigenvalue weighted by Gasteiger charge is 2.33. The summed E-state index contributed by atoms with van der Waals surface area (Å²) in [7, 11) is 1.55. The van der Waals surface area contributed by atoms with Crippen molar-refractivity contribution in [1.82, 2.24) is 10.4 Å². The number of nitrogens with zero attached hydrogens (tertiary/aromatic N) is 1. The molecule has 0 radical (unpaired) electrons. The number of rotatable bonds is 3. The normalized spacial score (nSPS) is 16.6. The van der Waals surface area contributed by atoms with Crippen molar-refractivity contribution in [3.05, 3.63) is 34.7 Å². The van der Waals surface area contributed by atoms with Crippen LogP contribution in [0.3, 0.4) is 0 Å². The number of methoxy groups -OCH3 is 1. The van der Waals surface area contributed by atoms with E-state index in [1.165, 1.54) is 0 Å².